The summed E-state index contributed by atoms with van der Waals surface area (Å²) in [6, 6.07) is 12.0. The van der Waals surface area contributed by atoms with Crippen LogP contribution in [0.4, 0.5) is 5.13 Å². The fourth-order valence-electron chi connectivity index (χ4n) is 3.83. The molecule has 1 amide bonds. The maximum Gasteiger partial charge on any atom is 0.264 e. The van der Waals surface area contributed by atoms with Gasteiger partial charge in [-0.2, -0.15) is 0 Å². The second-order valence-corrected chi connectivity index (χ2v) is 12.2. The molecule has 1 aliphatic rings. The van der Waals surface area contributed by atoms with Crippen LogP contribution >= 0.6 is 22.7 Å². The highest BCUT2D eigenvalue weighted by Crippen LogP contribution is 2.33. The average Bonchev–Trinajstić information content (AvgIpc) is 3.54. The number of carbonyl (C=O) groups is 1. The summed E-state index contributed by atoms with van der Waals surface area (Å²) in [4.78, 5) is 20.7. The smallest absolute Gasteiger partial charge is 0.264 e. The lowest BCUT2D eigenvalue weighted by molar-refractivity contribution is -0.119. The molecule has 35 heavy (non-hydrogen) atoms. The molecule has 1 aromatic carbocycles. The predicted octanol–water partition coefficient (Wildman–Crippen LogP) is 5.87. The number of thiophene rings is 1. The Morgan fingerprint density at radius 3 is 2.54 bits per heavy atom. The van der Waals surface area contributed by atoms with Crippen molar-refractivity contribution in [3.63, 3.8) is 0 Å². The van der Waals surface area contributed by atoms with Crippen LogP contribution in [0.15, 0.2) is 75.8 Å². The lowest BCUT2D eigenvalue weighted by atomic mass is 9.90. The van der Waals surface area contributed by atoms with E-state index in [1.165, 1.54) is 23.3 Å². The summed E-state index contributed by atoms with van der Waals surface area (Å²) in [7, 11) is -3.89. The highest BCUT2D eigenvalue weighted by molar-refractivity contribution is 7.90. The summed E-state index contributed by atoms with van der Waals surface area (Å²) in [5, 5.41) is 4.91. The molecule has 1 N–H and O–H groups in total. The summed E-state index contributed by atoms with van der Waals surface area (Å²) in [6.45, 7) is 5.40. The minimum absolute atomic E-state index is 0.0372. The van der Waals surface area contributed by atoms with Gasteiger partial charge in [-0.05, 0) is 47.9 Å². The average molecular weight is 528 g/mol. The lowest BCUT2D eigenvalue weighted by Gasteiger charge is -2.21. The van der Waals surface area contributed by atoms with Crippen LogP contribution in [-0.4, -0.2) is 25.9 Å². The molecule has 0 saturated carbocycles. The molecular formula is C26H29N3O3S3. The standard InChI is InChI=1S/C26H29N3O3S3/c1-19(2)20-10-12-21(13-11-20)24-18-34-26(27-24)29(17-22-7-6-16-33-22)15-14-25(30)28-35(31,32)23-8-4-3-5-9-23/h3-10,12,16,18-19H,11,13-15,17H2,1-2H3,(H,28,30). The lowest BCUT2D eigenvalue weighted by Crippen LogP contribution is -2.34. The van der Waals surface area contributed by atoms with E-state index in [-0.39, 0.29) is 11.3 Å². The summed E-state index contributed by atoms with van der Waals surface area (Å²) in [5.41, 5.74) is 3.65. The second-order valence-electron chi connectivity index (χ2n) is 8.70. The highest BCUT2D eigenvalue weighted by Gasteiger charge is 2.20. The summed E-state index contributed by atoms with van der Waals surface area (Å²) >= 11 is 3.19. The van der Waals surface area contributed by atoms with Gasteiger partial charge in [0, 0.05) is 23.2 Å². The van der Waals surface area contributed by atoms with Crippen LogP contribution in [0.2, 0.25) is 0 Å². The van der Waals surface area contributed by atoms with Gasteiger partial charge in [0.1, 0.15) is 0 Å². The first-order valence-electron chi connectivity index (χ1n) is 11.6. The van der Waals surface area contributed by atoms with E-state index in [2.05, 4.69) is 36.1 Å². The highest BCUT2D eigenvalue weighted by atomic mass is 32.2. The Labute approximate surface area is 215 Å². The first-order valence-corrected chi connectivity index (χ1v) is 14.8. The third kappa shape index (κ3) is 6.68. The number of carbonyl (C=O) groups excluding carboxylic acids is 1. The van der Waals surface area contributed by atoms with Gasteiger partial charge in [-0.1, -0.05) is 55.8 Å². The third-order valence-corrected chi connectivity index (χ3v) is 9.00. The minimum Gasteiger partial charge on any atom is -0.342 e. The van der Waals surface area contributed by atoms with E-state index in [0.29, 0.717) is 19.0 Å². The number of allylic oxidation sites excluding steroid dienone is 4. The molecule has 0 bridgehead atoms. The maximum absolute atomic E-state index is 12.6. The number of aromatic nitrogens is 1. The number of benzene rings is 1. The molecule has 4 rings (SSSR count). The number of sulfonamides is 1. The normalized spacial score (nSPS) is 13.9. The predicted molar refractivity (Wildman–Crippen MR) is 144 cm³/mol. The van der Waals surface area contributed by atoms with Crippen molar-refractivity contribution >= 4 is 49.3 Å². The van der Waals surface area contributed by atoms with Crippen molar-refractivity contribution in [3.8, 4) is 0 Å². The van der Waals surface area contributed by atoms with Gasteiger partial charge in [-0.3, -0.25) is 4.79 Å². The van der Waals surface area contributed by atoms with Crippen LogP contribution in [0.3, 0.4) is 0 Å². The van der Waals surface area contributed by atoms with Gasteiger partial charge < -0.3 is 4.90 Å². The Morgan fingerprint density at radius 2 is 1.89 bits per heavy atom. The molecule has 6 nitrogen and oxygen atoms in total. The molecule has 0 radical (unpaired) electrons. The van der Waals surface area contributed by atoms with Gasteiger partial charge in [-0.15, -0.1) is 22.7 Å². The van der Waals surface area contributed by atoms with Crippen molar-refractivity contribution in [1.29, 1.82) is 0 Å². The van der Waals surface area contributed by atoms with Crippen molar-refractivity contribution in [2.75, 3.05) is 11.4 Å². The fraction of sp³-hybridized carbons (Fsp3) is 0.308. The monoisotopic (exact) mass is 527 g/mol. The van der Waals surface area contributed by atoms with Gasteiger partial charge in [0.05, 0.1) is 17.1 Å². The zero-order valence-corrected chi connectivity index (χ0v) is 22.3. The van der Waals surface area contributed by atoms with Gasteiger partial charge in [-0.25, -0.2) is 18.1 Å². The third-order valence-electron chi connectivity index (χ3n) is 5.85. The number of nitrogens with one attached hydrogen (secondary N) is 1. The summed E-state index contributed by atoms with van der Waals surface area (Å²) in [5.74, 6) is 0.0140. The van der Waals surface area contributed by atoms with Gasteiger partial charge in [0.2, 0.25) is 5.91 Å². The molecule has 0 unspecified atom stereocenters. The van der Waals surface area contributed by atoms with E-state index in [9.17, 15) is 13.2 Å². The van der Waals surface area contributed by atoms with Crippen molar-refractivity contribution in [2.45, 2.75) is 44.6 Å². The topological polar surface area (TPSA) is 79.4 Å². The van der Waals surface area contributed by atoms with Crippen molar-refractivity contribution < 1.29 is 13.2 Å². The van der Waals surface area contributed by atoms with Gasteiger partial charge in [0.15, 0.2) is 5.13 Å². The van der Waals surface area contributed by atoms with E-state index < -0.39 is 15.9 Å². The Kier molecular flexibility index (Phi) is 8.20. The maximum atomic E-state index is 12.6. The first kappa shape index (κ1) is 25.3. The largest absolute Gasteiger partial charge is 0.342 e. The van der Waals surface area contributed by atoms with Crippen molar-refractivity contribution in [1.82, 2.24) is 9.71 Å². The van der Waals surface area contributed by atoms with Crippen LogP contribution in [0.1, 0.15) is 43.7 Å². The van der Waals surface area contributed by atoms with Crippen molar-refractivity contribution in [2.24, 2.45) is 5.92 Å². The number of thiazole rings is 1. The Morgan fingerprint density at radius 1 is 1.09 bits per heavy atom. The Hall–Kier alpha value is -2.75. The molecule has 0 fully saturated rings. The first-order chi connectivity index (χ1) is 16.8. The van der Waals surface area contributed by atoms with Crippen molar-refractivity contribution in [3.05, 3.63) is 81.5 Å². The van der Waals surface area contributed by atoms with E-state index in [0.717, 1.165) is 28.5 Å². The molecule has 3 aromatic rings. The van der Waals surface area contributed by atoms with E-state index in [1.807, 2.05) is 22.4 Å². The Bertz CT molecular complexity index is 1310. The minimum atomic E-state index is -3.89. The van der Waals surface area contributed by atoms with Crippen LogP contribution < -0.4 is 9.62 Å². The van der Waals surface area contributed by atoms with Crippen LogP contribution in [-0.2, 0) is 21.4 Å². The zero-order chi connectivity index (χ0) is 24.8. The second kappa shape index (κ2) is 11.3. The fourth-order valence-corrected chi connectivity index (χ4v) is 6.47. The summed E-state index contributed by atoms with van der Waals surface area (Å²) in [6.07, 6.45) is 6.44. The molecule has 184 valence electrons. The number of anilines is 1. The molecule has 0 atom stereocenters. The molecule has 2 heterocycles. The molecular weight excluding hydrogens is 499 g/mol. The van der Waals surface area contributed by atoms with Crippen LogP contribution in [0.5, 0.6) is 0 Å². The van der Waals surface area contributed by atoms with Crippen LogP contribution in [0, 0.1) is 5.92 Å². The van der Waals surface area contributed by atoms with Crippen LogP contribution in [0.25, 0.3) is 5.57 Å². The quantitative estimate of drug-likeness (QED) is 0.357. The number of rotatable bonds is 10. The number of hydrogen-bond donors (Lipinski definition) is 1. The SMILES string of the molecule is CC(C)C1=CC=C(c2csc(N(CCC(=O)NS(=O)(=O)c3ccccc3)Cc3cccs3)n2)CC1. The van der Waals surface area contributed by atoms with E-state index >= 15 is 0 Å². The van der Waals surface area contributed by atoms with Gasteiger partial charge in [0.25, 0.3) is 10.0 Å². The number of hydrogen-bond acceptors (Lipinski definition) is 7. The number of amides is 1. The summed E-state index contributed by atoms with van der Waals surface area (Å²) < 4.78 is 27.2. The molecule has 0 spiro atoms. The number of nitrogens with zero attached hydrogens (tertiary/aromatic N) is 2. The van der Waals surface area contributed by atoms with E-state index in [4.69, 9.17) is 4.98 Å². The molecule has 2 aromatic heterocycles. The molecule has 9 heteroatoms. The van der Waals surface area contributed by atoms with Gasteiger partial charge >= 0.3 is 0 Å². The molecule has 0 aliphatic heterocycles. The molecule has 1 aliphatic carbocycles. The Balaban J connectivity index is 1.46. The molecule has 0 saturated heterocycles. The van der Waals surface area contributed by atoms with E-state index in [1.54, 1.807) is 40.9 Å². The zero-order valence-electron chi connectivity index (χ0n) is 19.8.